The number of benzene rings is 1. The average Bonchev–Trinajstić information content (AvgIpc) is 2.29. The van der Waals surface area contributed by atoms with Crippen molar-refractivity contribution in [1.82, 2.24) is 0 Å². The number of amides is 1. The summed E-state index contributed by atoms with van der Waals surface area (Å²) in [6, 6.07) is 3.62. The Morgan fingerprint density at radius 2 is 2.11 bits per heavy atom. The third kappa shape index (κ3) is 2.23. The number of fused-ring (bicyclic) bond motifs is 1. The van der Waals surface area contributed by atoms with Gasteiger partial charge in [0.2, 0.25) is 5.91 Å². The van der Waals surface area contributed by atoms with Crippen molar-refractivity contribution in [3.05, 3.63) is 26.8 Å². The molecule has 1 aromatic carbocycles. The van der Waals surface area contributed by atoms with Crippen LogP contribution in [0.3, 0.4) is 0 Å². The summed E-state index contributed by atoms with van der Waals surface area (Å²) in [5, 5.41) is 2.85. The number of hydrogen-bond donors (Lipinski definition) is 1. The number of methoxy groups -OCH3 is 1. The van der Waals surface area contributed by atoms with E-state index in [1.807, 2.05) is 19.9 Å². The molecule has 0 aliphatic carbocycles. The van der Waals surface area contributed by atoms with Gasteiger partial charge in [-0.25, -0.2) is 4.79 Å². The van der Waals surface area contributed by atoms with Crippen LogP contribution in [-0.2, 0) is 16.0 Å². The summed E-state index contributed by atoms with van der Waals surface area (Å²) in [7, 11) is 1.35. The van der Waals surface area contributed by atoms with E-state index in [0.29, 0.717) is 17.7 Å². The topological polar surface area (TPSA) is 55.4 Å². The van der Waals surface area contributed by atoms with Crippen LogP contribution in [0.1, 0.15) is 29.8 Å². The number of halogens is 1. The lowest BCUT2D eigenvalue weighted by Gasteiger charge is -2.30. The smallest absolute Gasteiger partial charge is 0.339 e. The molecule has 18 heavy (non-hydrogen) atoms. The number of ether oxygens (including phenoxy) is 1. The highest BCUT2D eigenvalue weighted by Gasteiger charge is 2.34. The molecule has 1 aromatic rings. The van der Waals surface area contributed by atoms with E-state index in [4.69, 9.17) is 4.74 Å². The van der Waals surface area contributed by atoms with Crippen molar-refractivity contribution in [2.24, 2.45) is 5.41 Å². The van der Waals surface area contributed by atoms with Crippen LogP contribution >= 0.6 is 22.6 Å². The van der Waals surface area contributed by atoms with E-state index in [0.717, 1.165) is 9.13 Å². The number of anilines is 1. The van der Waals surface area contributed by atoms with Crippen molar-refractivity contribution < 1.29 is 14.3 Å². The van der Waals surface area contributed by atoms with E-state index < -0.39 is 5.41 Å². The number of carbonyl (C=O) groups is 2. The Labute approximate surface area is 119 Å². The molecule has 96 valence electrons. The van der Waals surface area contributed by atoms with Gasteiger partial charge in [0.25, 0.3) is 0 Å². The molecule has 4 nitrogen and oxygen atoms in total. The van der Waals surface area contributed by atoms with Gasteiger partial charge in [-0.05, 0) is 46.7 Å². The number of esters is 1. The lowest BCUT2D eigenvalue weighted by molar-refractivity contribution is -0.124. The minimum Gasteiger partial charge on any atom is -0.465 e. The van der Waals surface area contributed by atoms with E-state index in [1.54, 1.807) is 6.07 Å². The largest absolute Gasteiger partial charge is 0.465 e. The molecule has 5 heteroatoms. The molecule has 0 bridgehead atoms. The second-order valence-corrected chi connectivity index (χ2v) is 6.16. The summed E-state index contributed by atoms with van der Waals surface area (Å²) < 4.78 is 5.56. The SMILES string of the molecule is COC(=O)c1cc2c(cc1I)CC(C)(C)C(=O)N2. The third-order valence-electron chi connectivity index (χ3n) is 3.09. The normalized spacial score (nSPS) is 16.8. The highest BCUT2D eigenvalue weighted by Crippen LogP contribution is 2.35. The first-order chi connectivity index (χ1) is 8.35. The van der Waals surface area contributed by atoms with Crippen molar-refractivity contribution in [3.63, 3.8) is 0 Å². The minimum atomic E-state index is -0.414. The highest BCUT2D eigenvalue weighted by atomic mass is 127. The summed E-state index contributed by atoms with van der Waals surface area (Å²) in [6.45, 7) is 3.82. The van der Waals surface area contributed by atoms with Crippen LogP contribution < -0.4 is 5.32 Å². The average molecular weight is 359 g/mol. The zero-order valence-corrected chi connectivity index (χ0v) is 12.6. The van der Waals surface area contributed by atoms with Gasteiger partial charge in [0.15, 0.2) is 0 Å². The van der Waals surface area contributed by atoms with E-state index in [2.05, 4.69) is 27.9 Å². The van der Waals surface area contributed by atoms with Gasteiger partial charge < -0.3 is 10.1 Å². The molecule has 1 heterocycles. The van der Waals surface area contributed by atoms with Crippen molar-refractivity contribution >= 4 is 40.2 Å². The Hall–Kier alpha value is -1.11. The van der Waals surface area contributed by atoms with E-state index in [9.17, 15) is 9.59 Å². The molecule has 0 saturated heterocycles. The van der Waals surface area contributed by atoms with Gasteiger partial charge in [-0.3, -0.25) is 4.79 Å². The summed E-state index contributed by atoms with van der Waals surface area (Å²) in [4.78, 5) is 23.5. The lowest BCUT2D eigenvalue weighted by atomic mass is 9.81. The van der Waals surface area contributed by atoms with Crippen molar-refractivity contribution in [2.75, 3.05) is 12.4 Å². The van der Waals surface area contributed by atoms with Crippen LogP contribution in [0.15, 0.2) is 12.1 Å². The van der Waals surface area contributed by atoms with Gasteiger partial charge in [0, 0.05) is 14.7 Å². The Bertz CT molecular complexity index is 537. The number of carbonyl (C=O) groups excluding carboxylic acids is 2. The lowest BCUT2D eigenvalue weighted by Crippen LogP contribution is -2.37. The van der Waals surface area contributed by atoms with Crippen LogP contribution in [0.4, 0.5) is 5.69 Å². The van der Waals surface area contributed by atoms with Crippen LogP contribution in [0.2, 0.25) is 0 Å². The second-order valence-electron chi connectivity index (χ2n) is 5.00. The van der Waals surface area contributed by atoms with Gasteiger partial charge in [-0.2, -0.15) is 0 Å². The molecule has 1 aliphatic rings. The van der Waals surface area contributed by atoms with Crippen molar-refractivity contribution in [3.8, 4) is 0 Å². The third-order valence-corrected chi connectivity index (χ3v) is 3.99. The standard InChI is InChI=1S/C13H14INO3/c1-13(2)6-7-4-9(14)8(11(16)18-3)5-10(7)15-12(13)17/h4-5H,6H2,1-3H3,(H,15,17). The van der Waals surface area contributed by atoms with Gasteiger partial charge >= 0.3 is 5.97 Å². The van der Waals surface area contributed by atoms with Crippen molar-refractivity contribution in [2.45, 2.75) is 20.3 Å². The highest BCUT2D eigenvalue weighted by molar-refractivity contribution is 14.1. The van der Waals surface area contributed by atoms with Gasteiger partial charge in [-0.1, -0.05) is 13.8 Å². The van der Waals surface area contributed by atoms with Gasteiger partial charge in [0.1, 0.15) is 0 Å². The molecule has 0 fully saturated rings. The molecule has 1 amide bonds. The molecule has 0 saturated carbocycles. The van der Waals surface area contributed by atoms with E-state index in [-0.39, 0.29) is 11.9 Å². The molecule has 2 rings (SSSR count). The fraction of sp³-hybridized carbons (Fsp3) is 0.385. The monoisotopic (exact) mass is 359 g/mol. The van der Waals surface area contributed by atoms with Gasteiger partial charge in [0.05, 0.1) is 12.7 Å². The Balaban J connectivity index is 2.49. The summed E-state index contributed by atoms with van der Waals surface area (Å²) in [6.07, 6.45) is 0.672. The maximum absolute atomic E-state index is 11.9. The quantitative estimate of drug-likeness (QED) is 0.620. The Morgan fingerprint density at radius 3 is 2.72 bits per heavy atom. The molecule has 1 N–H and O–H groups in total. The molecular formula is C13H14INO3. The first kappa shape index (κ1) is 13.3. The predicted molar refractivity (Wildman–Crippen MR) is 76.6 cm³/mol. The molecule has 0 atom stereocenters. The minimum absolute atomic E-state index is 0.0213. The van der Waals surface area contributed by atoms with Crippen LogP contribution in [0.5, 0.6) is 0 Å². The zero-order valence-electron chi connectivity index (χ0n) is 10.5. The molecular weight excluding hydrogens is 345 g/mol. The van der Waals surface area contributed by atoms with Crippen molar-refractivity contribution in [1.29, 1.82) is 0 Å². The zero-order chi connectivity index (χ0) is 13.5. The summed E-state index contributed by atoms with van der Waals surface area (Å²) in [5.41, 5.74) is 1.83. The maximum Gasteiger partial charge on any atom is 0.339 e. The second kappa shape index (κ2) is 4.53. The molecule has 0 spiro atoms. The summed E-state index contributed by atoms with van der Waals surface area (Å²) in [5.74, 6) is -0.409. The van der Waals surface area contributed by atoms with Gasteiger partial charge in [-0.15, -0.1) is 0 Å². The van der Waals surface area contributed by atoms with E-state index in [1.165, 1.54) is 7.11 Å². The van der Waals surface area contributed by atoms with Crippen LogP contribution in [0.25, 0.3) is 0 Å². The fourth-order valence-corrected chi connectivity index (χ4v) is 2.74. The number of hydrogen-bond acceptors (Lipinski definition) is 3. The van der Waals surface area contributed by atoms with Crippen LogP contribution in [-0.4, -0.2) is 19.0 Å². The summed E-state index contributed by atoms with van der Waals surface area (Å²) >= 11 is 2.11. The molecule has 0 unspecified atom stereocenters. The first-order valence-corrected chi connectivity index (χ1v) is 6.65. The molecule has 1 aliphatic heterocycles. The Kier molecular flexibility index (Phi) is 3.35. The maximum atomic E-state index is 11.9. The molecule has 0 aromatic heterocycles. The fourth-order valence-electron chi connectivity index (χ4n) is 1.99. The number of rotatable bonds is 1. The van der Waals surface area contributed by atoms with Crippen LogP contribution in [0, 0.1) is 8.99 Å². The number of nitrogens with one attached hydrogen (secondary N) is 1. The first-order valence-electron chi connectivity index (χ1n) is 5.57. The molecule has 0 radical (unpaired) electrons. The predicted octanol–water partition coefficient (Wildman–Crippen LogP) is 2.60. The van der Waals surface area contributed by atoms with E-state index >= 15 is 0 Å². The Morgan fingerprint density at radius 1 is 1.44 bits per heavy atom.